The van der Waals surface area contributed by atoms with Crippen molar-refractivity contribution in [2.75, 3.05) is 6.54 Å². The Morgan fingerprint density at radius 1 is 1.38 bits per heavy atom. The van der Waals surface area contributed by atoms with Gasteiger partial charge in [-0.2, -0.15) is 0 Å². The number of sulfonamides is 1. The normalized spacial score (nSPS) is 23.5. The first-order valence-corrected chi connectivity index (χ1v) is 9.58. The number of fused-ring (bicyclic) bond motifs is 1. The minimum atomic E-state index is -3.48. The summed E-state index contributed by atoms with van der Waals surface area (Å²) in [5.74, 6) is 0. The molecule has 0 spiro atoms. The van der Waals surface area contributed by atoms with Crippen LogP contribution in [0.2, 0.25) is 5.02 Å². The Labute approximate surface area is 133 Å². The summed E-state index contributed by atoms with van der Waals surface area (Å²) in [6, 6.07) is 7.20. The number of thiophene rings is 1. The quantitative estimate of drug-likeness (QED) is 0.900. The lowest BCUT2D eigenvalue weighted by atomic mass is 10.0. The minimum absolute atomic E-state index is 0.0578. The first-order valence-electron chi connectivity index (χ1n) is 6.90. The number of piperidine rings is 1. The van der Waals surface area contributed by atoms with Gasteiger partial charge in [-0.1, -0.05) is 11.6 Å². The second-order valence-corrected chi connectivity index (χ2v) is 8.82. The maximum absolute atomic E-state index is 12.5. The molecule has 2 aromatic rings. The monoisotopic (exact) mass is 344 g/mol. The van der Waals surface area contributed by atoms with Crippen LogP contribution >= 0.6 is 22.9 Å². The molecule has 1 aromatic heterocycles. The Morgan fingerprint density at radius 2 is 2.19 bits per heavy atom. The average Bonchev–Trinajstić information content (AvgIpc) is 2.85. The van der Waals surface area contributed by atoms with Gasteiger partial charge in [0.15, 0.2) is 0 Å². The number of halogens is 1. The third-order valence-electron chi connectivity index (χ3n) is 3.79. The molecule has 2 heterocycles. The first-order chi connectivity index (χ1) is 9.95. The number of nitrogens with one attached hydrogen (secondary N) is 2. The molecule has 114 valence electrons. The lowest BCUT2D eigenvalue weighted by molar-refractivity contribution is 0.349. The van der Waals surface area contributed by atoms with Gasteiger partial charge in [0.05, 0.1) is 0 Å². The fourth-order valence-corrected chi connectivity index (χ4v) is 5.51. The van der Waals surface area contributed by atoms with Crippen molar-refractivity contribution in [3.8, 4) is 0 Å². The molecule has 0 saturated carbocycles. The van der Waals surface area contributed by atoms with Gasteiger partial charge in [0.25, 0.3) is 0 Å². The van der Waals surface area contributed by atoms with Gasteiger partial charge in [-0.3, -0.25) is 0 Å². The van der Waals surface area contributed by atoms with Gasteiger partial charge in [-0.05, 0) is 56.0 Å². The molecule has 0 amide bonds. The molecule has 1 aromatic carbocycles. The zero-order valence-electron chi connectivity index (χ0n) is 11.6. The highest BCUT2D eigenvalue weighted by Crippen LogP contribution is 2.31. The Kier molecular flexibility index (Phi) is 4.25. The molecule has 1 aliphatic heterocycles. The number of hydrogen-bond acceptors (Lipinski definition) is 4. The second kappa shape index (κ2) is 5.85. The van der Waals surface area contributed by atoms with Crippen molar-refractivity contribution in [3.63, 3.8) is 0 Å². The van der Waals surface area contributed by atoms with E-state index < -0.39 is 10.0 Å². The molecule has 4 nitrogen and oxygen atoms in total. The van der Waals surface area contributed by atoms with Gasteiger partial charge in [0.2, 0.25) is 10.0 Å². The van der Waals surface area contributed by atoms with E-state index >= 15 is 0 Å². The summed E-state index contributed by atoms with van der Waals surface area (Å²) < 4.78 is 29.2. The molecule has 0 aliphatic carbocycles. The van der Waals surface area contributed by atoms with Crippen molar-refractivity contribution in [1.82, 2.24) is 10.0 Å². The zero-order chi connectivity index (χ0) is 15.0. The van der Waals surface area contributed by atoms with E-state index in [4.69, 9.17) is 11.6 Å². The van der Waals surface area contributed by atoms with Crippen molar-refractivity contribution >= 4 is 43.0 Å². The van der Waals surface area contributed by atoms with Crippen LogP contribution in [0.15, 0.2) is 28.5 Å². The summed E-state index contributed by atoms with van der Waals surface area (Å²) >= 11 is 7.22. The Hall–Kier alpha value is -0.660. The molecule has 2 N–H and O–H groups in total. The van der Waals surface area contributed by atoms with Gasteiger partial charge >= 0.3 is 0 Å². The van der Waals surface area contributed by atoms with Crippen LogP contribution in [0.1, 0.15) is 19.8 Å². The summed E-state index contributed by atoms with van der Waals surface area (Å²) in [5, 5.41) is 4.78. The van der Waals surface area contributed by atoms with E-state index in [0.29, 0.717) is 9.23 Å². The zero-order valence-corrected chi connectivity index (χ0v) is 14.0. The van der Waals surface area contributed by atoms with E-state index in [1.54, 1.807) is 18.2 Å². The van der Waals surface area contributed by atoms with Crippen LogP contribution in [0.4, 0.5) is 0 Å². The fourth-order valence-electron chi connectivity index (χ4n) is 2.58. The van der Waals surface area contributed by atoms with Crippen LogP contribution in [0, 0.1) is 0 Å². The van der Waals surface area contributed by atoms with E-state index in [9.17, 15) is 8.42 Å². The molecule has 21 heavy (non-hydrogen) atoms. The number of rotatable bonds is 3. The molecule has 3 rings (SSSR count). The van der Waals surface area contributed by atoms with Crippen LogP contribution in [0.3, 0.4) is 0 Å². The summed E-state index contributed by atoms with van der Waals surface area (Å²) in [6.07, 6.45) is 1.85. The van der Waals surface area contributed by atoms with Gasteiger partial charge in [-0.15, -0.1) is 11.3 Å². The molecule has 2 unspecified atom stereocenters. The highest BCUT2D eigenvalue weighted by Gasteiger charge is 2.27. The highest BCUT2D eigenvalue weighted by molar-refractivity contribution is 7.91. The summed E-state index contributed by atoms with van der Waals surface area (Å²) in [4.78, 5) is 0. The third kappa shape index (κ3) is 3.24. The van der Waals surface area contributed by atoms with Gasteiger partial charge in [0, 0.05) is 21.8 Å². The topological polar surface area (TPSA) is 58.2 Å². The smallest absolute Gasteiger partial charge is 0.250 e. The molecular weight excluding hydrogens is 328 g/mol. The summed E-state index contributed by atoms with van der Waals surface area (Å²) in [7, 11) is -3.48. The third-order valence-corrected chi connectivity index (χ3v) is 7.10. The van der Waals surface area contributed by atoms with E-state index in [-0.39, 0.29) is 12.1 Å². The first kappa shape index (κ1) is 15.2. The number of hydrogen-bond donors (Lipinski definition) is 2. The van der Waals surface area contributed by atoms with Crippen molar-refractivity contribution in [2.45, 2.75) is 36.1 Å². The molecule has 0 bridgehead atoms. The van der Waals surface area contributed by atoms with E-state index in [0.717, 1.165) is 29.5 Å². The number of benzene rings is 1. The van der Waals surface area contributed by atoms with Gasteiger partial charge in [0.1, 0.15) is 4.21 Å². The van der Waals surface area contributed by atoms with E-state index in [1.165, 1.54) is 11.3 Å². The second-order valence-electron chi connectivity index (χ2n) is 5.36. The summed E-state index contributed by atoms with van der Waals surface area (Å²) in [5.41, 5.74) is 0. The SMILES string of the molecule is CC1NCCCC1NS(=O)(=O)c1cc2cc(Cl)ccc2s1. The van der Waals surface area contributed by atoms with E-state index in [1.807, 2.05) is 13.0 Å². The Morgan fingerprint density at radius 3 is 2.95 bits per heavy atom. The predicted molar refractivity (Wildman–Crippen MR) is 87.6 cm³/mol. The van der Waals surface area contributed by atoms with Crippen molar-refractivity contribution in [2.24, 2.45) is 0 Å². The van der Waals surface area contributed by atoms with Crippen LogP contribution in [-0.4, -0.2) is 27.0 Å². The lowest BCUT2D eigenvalue weighted by Gasteiger charge is -2.30. The van der Waals surface area contributed by atoms with E-state index in [2.05, 4.69) is 10.0 Å². The Balaban J connectivity index is 1.88. The van der Waals surface area contributed by atoms with Crippen LogP contribution in [-0.2, 0) is 10.0 Å². The average molecular weight is 345 g/mol. The molecule has 1 aliphatic rings. The molecule has 0 radical (unpaired) electrons. The van der Waals surface area contributed by atoms with Crippen molar-refractivity contribution in [3.05, 3.63) is 29.3 Å². The van der Waals surface area contributed by atoms with Crippen LogP contribution in [0.5, 0.6) is 0 Å². The van der Waals surface area contributed by atoms with Crippen LogP contribution < -0.4 is 10.0 Å². The molecule has 2 atom stereocenters. The summed E-state index contributed by atoms with van der Waals surface area (Å²) in [6.45, 7) is 2.96. The van der Waals surface area contributed by atoms with Crippen LogP contribution in [0.25, 0.3) is 10.1 Å². The largest absolute Gasteiger partial charge is 0.313 e. The lowest BCUT2D eigenvalue weighted by Crippen LogP contribution is -2.51. The molecule has 1 fully saturated rings. The molecule has 1 saturated heterocycles. The Bertz CT molecular complexity index is 757. The van der Waals surface area contributed by atoms with Gasteiger partial charge < -0.3 is 5.32 Å². The van der Waals surface area contributed by atoms with Crippen molar-refractivity contribution < 1.29 is 8.42 Å². The highest BCUT2D eigenvalue weighted by atomic mass is 35.5. The fraction of sp³-hybridized carbons (Fsp3) is 0.429. The van der Waals surface area contributed by atoms with Crippen molar-refractivity contribution in [1.29, 1.82) is 0 Å². The standard InChI is InChI=1S/C14H17ClN2O2S2/c1-9-12(3-2-6-16-9)17-21(18,19)14-8-10-7-11(15)4-5-13(10)20-14/h4-5,7-9,12,16-17H,2-3,6H2,1H3. The molecular formula is C14H17ClN2O2S2. The minimum Gasteiger partial charge on any atom is -0.313 e. The maximum Gasteiger partial charge on any atom is 0.250 e. The predicted octanol–water partition coefficient (Wildman–Crippen LogP) is 2.97. The molecule has 7 heteroatoms. The van der Waals surface area contributed by atoms with Gasteiger partial charge in [-0.25, -0.2) is 13.1 Å². The maximum atomic E-state index is 12.5.